The first-order chi connectivity index (χ1) is 13.7. The minimum absolute atomic E-state index is 0.0467. The van der Waals surface area contributed by atoms with Gasteiger partial charge in [-0.15, -0.1) is 0 Å². The molecule has 1 N–H and O–H groups in total. The number of carbonyl (C=O) groups is 1. The van der Waals surface area contributed by atoms with Crippen molar-refractivity contribution < 1.29 is 4.79 Å². The Bertz CT molecular complexity index is 923. The average molecular weight is 374 g/mol. The van der Waals surface area contributed by atoms with Crippen molar-refractivity contribution in [3.63, 3.8) is 0 Å². The van der Waals surface area contributed by atoms with Crippen LogP contribution in [0.25, 0.3) is 5.69 Å². The molecule has 0 unspecified atom stereocenters. The molecule has 1 aliphatic rings. The zero-order valence-electron chi connectivity index (χ0n) is 16.4. The highest BCUT2D eigenvalue weighted by atomic mass is 16.1. The van der Waals surface area contributed by atoms with E-state index in [0.717, 1.165) is 23.4 Å². The van der Waals surface area contributed by atoms with E-state index in [2.05, 4.69) is 41.4 Å². The first-order valence-electron chi connectivity index (χ1n) is 10.0. The van der Waals surface area contributed by atoms with E-state index >= 15 is 0 Å². The molecule has 0 bridgehead atoms. The van der Waals surface area contributed by atoms with Crippen LogP contribution in [0.15, 0.2) is 67.0 Å². The third-order valence-corrected chi connectivity index (χ3v) is 5.43. The smallest absolute Gasteiger partial charge is 0.251 e. The summed E-state index contributed by atoms with van der Waals surface area (Å²) in [5.74, 6) is -0.0467. The second kappa shape index (κ2) is 8.44. The largest absolute Gasteiger partial charge is 0.348 e. The van der Waals surface area contributed by atoms with Gasteiger partial charge < -0.3 is 9.88 Å². The Morgan fingerprint density at radius 2 is 1.64 bits per heavy atom. The first-order valence-corrected chi connectivity index (χ1v) is 10.0. The summed E-state index contributed by atoms with van der Waals surface area (Å²) in [5.41, 5.74) is 5.31. The molecule has 1 aliphatic heterocycles. The summed E-state index contributed by atoms with van der Waals surface area (Å²) in [7, 11) is 0. The number of aryl methyl sites for hydroxylation is 1. The van der Waals surface area contributed by atoms with Gasteiger partial charge in [-0.1, -0.05) is 30.3 Å². The molecule has 2 heterocycles. The molecule has 1 amide bonds. The molecule has 0 radical (unpaired) electrons. The van der Waals surface area contributed by atoms with Gasteiger partial charge in [0.05, 0.1) is 0 Å². The molecular weight excluding hydrogens is 346 g/mol. The quantitative estimate of drug-likeness (QED) is 0.699. The molecule has 1 fully saturated rings. The maximum absolute atomic E-state index is 12.6. The van der Waals surface area contributed by atoms with Gasteiger partial charge in [0.1, 0.15) is 0 Å². The maximum Gasteiger partial charge on any atom is 0.251 e. The fraction of sp³-hybridized carbons (Fsp3) is 0.292. The molecule has 0 saturated carbocycles. The highest BCUT2D eigenvalue weighted by Crippen LogP contribution is 2.17. The molecule has 1 saturated heterocycles. The van der Waals surface area contributed by atoms with Crippen LogP contribution in [0, 0.1) is 6.92 Å². The second-order valence-corrected chi connectivity index (χ2v) is 7.57. The Kier molecular flexibility index (Phi) is 5.58. The first kappa shape index (κ1) is 18.5. The summed E-state index contributed by atoms with van der Waals surface area (Å²) in [4.78, 5) is 15.1. The van der Waals surface area contributed by atoms with Crippen LogP contribution in [0.5, 0.6) is 0 Å². The van der Waals surface area contributed by atoms with Crippen LogP contribution in [0.4, 0.5) is 0 Å². The summed E-state index contributed by atoms with van der Waals surface area (Å²) >= 11 is 0. The van der Waals surface area contributed by atoms with Crippen molar-refractivity contribution in [3.05, 3.63) is 89.2 Å². The highest BCUT2D eigenvalue weighted by Gasteiger charge is 2.12. The summed E-state index contributed by atoms with van der Waals surface area (Å²) in [6.07, 6.45) is 6.62. The number of rotatable bonds is 6. The molecular formula is C24H27N3O. The van der Waals surface area contributed by atoms with Crippen LogP contribution in [-0.4, -0.2) is 28.5 Å². The zero-order chi connectivity index (χ0) is 19.3. The fourth-order valence-corrected chi connectivity index (χ4v) is 3.77. The van der Waals surface area contributed by atoms with Gasteiger partial charge in [-0.3, -0.25) is 9.69 Å². The molecule has 2 aromatic carbocycles. The summed E-state index contributed by atoms with van der Waals surface area (Å²) in [6.45, 7) is 6.03. The van der Waals surface area contributed by atoms with Crippen LogP contribution in [0.3, 0.4) is 0 Å². The summed E-state index contributed by atoms with van der Waals surface area (Å²) in [5, 5.41) is 3.04. The number of nitrogens with one attached hydrogen (secondary N) is 1. The predicted octanol–water partition coefficient (Wildman–Crippen LogP) is 4.31. The molecule has 4 heteroatoms. The van der Waals surface area contributed by atoms with Crippen molar-refractivity contribution in [1.29, 1.82) is 0 Å². The third-order valence-electron chi connectivity index (χ3n) is 5.43. The zero-order valence-corrected chi connectivity index (χ0v) is 16.4. The Labute approximate surface area is 166 Å². The van der Waals surface area contributed by atoms with Crippen LogP contribution in [0.2, 0.25) is 0 Å². The highest BCUT2D eigenvalue weighted by molar-refractivity contribution is 5.94. The molecule has 0 aliphatic carbocycles. The van der Waals surface area contributed by atoms with Gasteiger partial charge in [0.2, 0.25) is 0 Å². The van der Waals surface area contributed by atoms with E-state index in [0.29, 0.717) is 12.1 Å². The van der Waals surface area contributed by atoms with Gasteiger partial charge in [-0.25, -0.2) is 0 Å². The average Bonchev–Trinajstić information content (AvgIpc) is 3.42. The van der Waals surface area contributed by atoms with E-state index in [9.17, 15) is 4.79 Å². The van der Waals surface area contributed by atoms with Crippen molar-refractivity contribution >= 4 is 5.91 Å². The molecule has 144 valence electrons. The fourth-order valence-electron chi connectivity index (χ4n) is 3.77. The minimum atomic E-state index is -0.0467. The Hall–Kier alpha value is -2.85. The molecule has 4 rings (SSSR count). The van der Waals surface area contributed by atoms with E-state index in [1.54, 1.807) is 0 Å². The van der Waals surface area contributed by atoms with Gasteiger partial charge in [0.25, 0.3) is 5.91 Å². The van der Waals surface area contributed by atoms with E-state index in [1.807, 2.05) is 47.3 Å². The summed E-state index contributed by atoms with van der Waals surface area (Å²) in [6, 6.07) is 18.4. The number of likely N-dealkylation sites (tertiary alicyclic amines) is 1. The van der Waals surface area contributed by atoms with Crippen LogP contribution < -0.4 is 5.32 Å². The number of carbonyl (C=O) groups excluding carboxylic acids is 1. The van der Waals surface area contributed by atoms with Gasteiger partial charge in [-0.05, 0) is 73.8 Å². The number of hydrogen-bond donors (Lipinski definition) is 1. The van der Waals surface area contributed by atoms with E-state index in [-0.39, 0.29) is 5.91 Å². The van der Waals surface area contributed by atoms with Crippen molar-refractivity contribution in [2.24, 2.45) is 0 Å². The third kappa shape index (κ3) is 4.34. The van der Waals surface area contributed by atoms with Gasteiger partial charge in [0.15, 0.2) is 0 Å². The standard InChI is InChI=1S/C24H27N3O/c1-19-6-11-22(16-23(19)27-14-4-5-15-27)24(28)25-17-20-7-9-21(10-8-20)18-26-12-2-3-13-26/h4-11,14-16H,2-3,12-13,17-18H2,1H3,(H,25,28). The van der Waals surface area contributed by atoms with Crippen LogP contribution >= 0.6 is 0 Å². The van der Waals surface area contributed by atoms with Crippen molar-refractivity contribution in [3.8, 4) is 5.69 Å². The van der Waals surface area contributed by atoms with Crippen LogP contribution in [0.1, 0.15) is 39.9 Å². The monoisotopic (exact) mass is 373 g/mol. The van der Waals surface area contributed by atoms with E-state index in [4.69, 9.17) is 0 Å². The number of nitrogens with zero attached hydrogens (tertiary/aromatic N) is 2. The van der Waals surface area contributed by atoms with E-state index < -0.39 is 0 Å². The van der Waals surface area contributed by atoms with Gasteiger partial charge in [0, 0.05) is 36.7 Å². The molecule has 3 aromatic rings. The maximum atomic E-state index is 12.6. The Morgan fingerprint density at radius 3 is 2.36 bits per heavy atom. The summed E-state index contributed by atoms with van der Waals surface area (Å²) < 4.78 is 2.03. The topological polar surface area (TPSA) is 37.3 Å². The van der Waals surface area contributed by atoms with Gasteiger partial charge in [-0.2, -0.15) is 0 Å². The lowest BCUT2D eigenvalue weighted by molar-refractivity contribution is 0.0951. The number of hydrogen-bond acceptors (Lipinski definition) is 2. The van der Waals surface area contributed by atoms with Crippen molar-refractivity contribution in [2.45, 2.75) is 32.9 Å². The lowest BCUT2D eigenvalue weighted by atomic mass is 10.1. The number of aromatic nitrogens is 1. The molecule has 28 heavy (non-hydrogen) atoms. The van der Waals surface area contributed by atoms with Crippen molar-refractivity contribution in [2.75, 3.05) is 13.1 Å². The van der Waals surface area contributed by atoms with E-state index in [1.165, 1.54) is 31.5 Å². The minimum Gasteiger partial charge on any atom is -0.348 e. The van der Waals surface area contributed by atoms with Crippen LogP contribution in [-0.2, 0) is 13.1 Å². The number of amides is 1. The normalized spacial score (nSPS) is 14.3. The lowest BCUT2D eigenvalue weighted by Crippen LogP contribution is -2.23. The Morgan fingerprint density at radius 1 is 0.964 bits per heavy atom. The lowest BCUT2D eigenvalue weighted by Gasteiger charge is -2.15. The predicted molar refractivity (Wildman–Crippen MR) is 113 cm³/mol. The van der Waals surface area contributed by atoms with Gasteiger partial charge >= 0.3 is 0 Å². The van der Waals surface area contributed by atoms with Crippen molar-refractivity contribution in [1.82, 2.24) is 14.8 Å². The number of benzene rings is 2. The molecule has 1 aromatic heterocycles. The molecule has 0 spiro atoms. The molecule has 4 nitrogen and oxygen atoms in total. The Balaban J connectivity index is 1.37. The molecule has 0 atom stereocenters. The SMILES string of the molecule is Cc1ccc(C(=O)NCc2ccc(CN3CCCC3)cc2)cc1-n1cccc1. The second-order valence-electron chi connectivity index (χ2n) is 7.57.